The first-order valence-corrected chi connectivity index (χ1v) is 10.5. The molecule has 2 aliphatic rings. The third kappa shape index (κ3) is 3.15. The van der Waals surface area contributed by atoms with E-state index in [4.69, 9.17) is 4.42 Å². The van der Waals surface area contributed by atoms with Gasteiger partial charge in [0, 0.05) is 12.3 Å². The van der Waals surface area contributed by atoms with Crippen LogP contribution in [0.3, 0.4) is 0 Å². The molecule has 6 nitrogen and oxygen atoms in total. The summed E-state index contributed by atoms with van der Waals surface area (Å²) in [5.41, 5.74) is -0.167. The summed E-state index contributed by atoms with van der Waals surface area (Å²) < 4.78 is 5.29. The monoisotopic (exact) mass is 408 g/mol. The van der Waals surface area contributed by atoms with Crippen LogP contribution >= 0.6 is 0 Å². The Bertz CT molecular complexity index is 951. The molecule has 1 aliphatic carbocycles. The fourth-order valence-corrected chi connectivity index (χ4v) is 4.99. The summed E-state index contributed by atoms with van der Waals surface area (Å²) in [7, 11) is 0. The van der Waals surface area contributed by atoms with Gasteiger partial charge in [0.15, 0.2) is 0 Å². The lowest BCUT2D eigenvalue weighted by Crippen LogP contribution is -2.64. The zero-order valence-corrected chi connectivity index (χ0v) is 17.7. The summed E-state index contributed by atoms with van der Waals surface area (Å²) in [6.07, 6.45) is 3.17. The molecule has 1 aliphatic heterocycles. The zero-order valence-electron chi connectivity index (χ0n) is 17.7. The maximum atomic E-state index is 13.6. The maximum absolute atomic E-state index is 13.6. The van der Waals surface area contributed by atoms with Crippen LogP contribution in [0.15, 0.2) is 53.1 Å². The topological polar surface area (TPSA) is 79.6 Å². The van der Waals surface area contributed by atoms with Gasteiger partial charge in [-0.05, 0) is 36.0 Å². The van der Waals surface area contributed by atoms with Crippen LogP contribution in [0, 0.1) is 16.7 Å². The number of fused-ring (bicyclic) bond motifs is 2. The van der Waals surface area contributed by atoms with Crippen LogP contribution in [0.1, 0.15) is 44.9 Å². The zero-order chi connectivity index (χ0) is 21.5. The predicted octanol–water partition coefficient (Wildman–Crippen LogP) is 3.32. The minimum atomic E-state index is -0.890. The number of nitrogens with zero attached hydrogens (tertiary/aromatic N) is 1. The average Bonchev–Trinajstić information content (AvgIpc) is 3.30. The van der Waals surface area contributed by atoms with Crippen LogP contribution in [0.25, 0.3) is 0 Å². The number of rotatable bonds is 6. The van der Waals surface area contributed by atoms with Crippen molar-refractivity contribution in [2.24, 2.45) is 16.7 Å². The fraction of sp³-hybridized carbons (Fsp3) is 0.458. The minimum absolute atomic E-state index is 0.208. The summed E-state index contributed by atoms with van der Waals surface area (Å²) in [4.78, 5) is 41.5. The highest BCUT2D eigenvalue weighted by molar-refractivity contribution is 6.07. The number of nitrogens with one attached hydrogen (secondary N) is 1. The molecule has 3 atom stereocenters. The summed E-state index contributed by atoms with van der Waals surface area (Å²) in [5, 5.41) is 2.85. The average molecular weight is 408 g/mol. The van der Waals surface area contributed by atoms with Gasteiger partial charge in [0.05, 0.1) is 18.2 Å². The Balaban J connectivity index is 1.65. The van der Waals surface area contributed by atoms with E-state index in [1.54, 1.807) is 18.4 Å². The molecule has 1 saturated carbocycles. The Kier molecular flexibility index (Phi) is 5.04. The number of piperidine rings is 1. The number of hydrogen-bond acceptors (Lipinski definition) is 4. The van der Waals surface area contributed by atoms with Gasteiger partial charge >= 0.3 is 0 Å². The highest BCUT2D eigenvalue weighted by Gasteiger charge is 2.65. The Morgan fingerprint density at radius 1 is 1.17 bits per heavy atom. The Morgan fingerprint density at radius 2 is 1.90 bits per heavy atom. The largest absolute Gasteiger partial charge is 0.467 e. The molecule has 158 valence electrons. The molecule has 2 aromatic rings. The van der Waals surface area contributed by atoms with Crippen molar-refractivity contribution in [2.45, 2.75) is 52.6 Å². The van der Waals surface area contributed by atoms with E-state index >= 15 is 0 Å². The molecule has 30 heavy (non-hydrogen) atoms. The van der Waals surface area contributed by atoms with Crippen molar-refractivity contribution in [3.63, 3.8) is 0 Å². The van der Waals surface area contributed by atoms with E-state index in [0.717, 1.165) is 5.56 Å². The summed E-state index contributed by atoms with van der Waals surface area (Å²) in [5.74, 6) is -0.448. The van der Waals surface area contributed by atoms with Crippen LogP contribution in [0.2, 0.25) is 0 Å². The normalized spacial score (nSPS) is 26.0. The maximum Gasteiger partial charge on any atom is 0.244 e. The van der Waals surface area contributed by atoms with Gasteiger partial charge < -0.3 is 9.73 Å². The van der Waals surface area contributed by atoms with Gasteiger partial charge in [-0.25, -0.2) is 0 Å². The molecule has 0 radical (unpaired) electrons. The number of imide groups is 1. The van der Waals surface area contributed by atoms with E-state index < -0.39 is 16.9 Å². The lowest BCUT2D eigenvalue weighted by atomic mass is 9.62. The van der Waals surface area contributed by atoms with E-state index in [-0.39, 0.29) is 36.6 Å². The number of carbonyl (C=O) groups is 3. The predicted molar refractivity (Wildman–Crippen MR) is 111 cm³/mol. The van der Waals surface area contributed by atoms with E-state index in [0.29, 0.717) is 18.6 Å². The second kappa shape index (κ2) is 7.42. The van der Waals surface area contributed by atoms with Gasteiger partial charge in [0.2, 0.25) is 17.7 Å². The van der Waals surface area contributed by atoms with Gasteiger partial charge in [-0.2, -0.15) is 0 Å². The molecular formula is C24H28N2O4. The standard InChI is InChI=1S/C24H28N2O4/c1-23(2)18-11-12-24(23,3)22(29)26(21(18)28)19(14-16-8-5-4-6-9-16)20(27)25-15-17-10-7-13-30-17/h4-10,13,18-19H,11-12,14-15H2,1-3H3,(H,25,27). The molecule has 1 aromatic carbocycles. The molecule has 2 bridgehead atoms. The van der Waals surface area contributed by atoms with E-state index in [1.165, 1.54) is 4.90 Å². The van der Waals surface area contributed by atoms with E-state index in [1.807, 2.05) is 51.1 Å². The van der Waals surface area contributed by atoms with Crippen LogP contribution in [-0.4, -0.2) is 28.7 Å². The Labute approximate surface area is 176 Å². The summed E-state index contributed by atoms with van der Waals surface area (Å²) >= 11 is 0. The van der Waals surface area contributed by atoms with Gasteiger partial charge in [-0.3, -0.25) is 19.3 Å². The first-order valence-electron chi connectivity index (χ1n) is 10.5. The molecule has 0 spiro atoms. The second-order valence-electron chi connectivity index (χ2n) is 9.16. The number of benzene rings is 1. The third-order valence-corrected chi connectivity index (χ3v) is 7.36. The molecule has 3 unspecified atom stereocenters. The van der Waals surface area contributed by atoms with Crippen molar-refractivity contribution >= 4 is 17.7 Å². The highest BCUT2D eigenvalue weighted by atomic mass is 16.3. The number of furan rings is 1. The smallest absolute Gasteiger partial charge is 0.244 e. The molecule has 2 heterocycles. The van der Waals surface area contributed by atoms with Crippen molar-refractivity contribution in [2.75, 3.05) is 0 Å². The van der Waals surface area contributed by atoms with Crippen LogP contribution in [-0.2, 0) is 27.3 Å². The van der Waals surface area contributed by atoms with Crippen molar-refractivity contribution in [1.29, 1.82) is 0 Å². The Morgan fingerprint density at radius 3 is 2.57 bits per heavy atom. The highest BCUT2D eigenvalue weighted by Crippen LogP contribution is 2.60. The quantitative estimate of drug-likeness (QED) is 0.744. The number of amides is 3. The number of carbonyl (C=O) groups excluding carboxylic acids is 3. The lowest BCUT2D eigenvalue weighted by molar-refractivity contribution is -0.173. The molecular weight excluding hydrogens is 380 g/mol. The minimum Gasteiger partial charge on any atom is -0.467 e. The number of hydrogen-bond donors (Lipinski definition) is 1. The summed E-state index contributed by atoms with van der Waals surface area (Å²) in [6, 6.07) is 12.1. The van der Waals surface area contributed by atoms with Crippen LogP contribution in [0.4, 0.5) is 0 Å². The van der Waals surface area contributed by atoms with Crippen molar-refractivity contribution in [1.82, 2.24) is 10.2 Å². The first-order chi connectivity index (χ1) is 14.3. The molecule has 1 saturated heterocycles. The molecule has 1 N–H and O–H groups in total. The van der Waals surface area contributed by atoms with Crippen molar-refractivity contribution in [3.05, 3.63) is 60.1 Å². The van der Waals surface area contributed by atoms with Crippen molar-refractivity contribution in [3.8, 4) is 0 Å². The lowest BCUT2D eigenvalue weighted by Gasteiger charge is -2.49. The van der Waals surface area contributed by atoms with Gasteiger partial charge in [-0.1, -0.05) is 51.1 Å². The molecule has 2 fully saturated rings. The second-order valence-corrected chi connectivity index (χ2v) is 9.16. The molecule has 4 rings (SSSR count). The van der Waals surface area contributed by atoms with Gasteiger partial charge in [0.25, 0.3) is 0 Å². The number of likely N-dealkylation sites (tertiary alicyclic amines) is 1. The van der Waals surface area contributed by atoms with Gasteiger partial charge in [0.1, 0.15) is 11.8 Å². The first kappa shape index (κ1) is 20.4. The Hall–Kier alpha value is -2.89. The summed E-state index contributed by atoms with van der Waals surface area (Å²) in [6.45, 7) is 6.15. The van der Waals surface area contributed by atoms with Crippen LogP contribution < -0.4 is 5.32 Å². The SMILES string of the molecule is CC12CCC(C(=O)N(C(Cc3ccccc3)C(=O)NCc3ccco3)C1=O)C2(C)C. The molecule has 6 heteroatoms. The van der Waals surface area contributed by atoms with E-state index in [2.05, 4.69) is 5.32 Å². The molecule has 3 amide bonds. The van der Waals surface area contributed by atoms with E-state index in [9.17, 15) is 14.4 Å². The third-order valence-electron chi connectivity index (χ3n) is 7.36. The van der Waals surface area contributed by atoms with Crippen molar-refractivity contribution < 1.29 is 18.8 Å². The van der Waals surface area contributed by atoms with Gasteiger partial charge in [-0.15, -0.1) is 0 Å². The van der Waals surface area contributed by atoms with Crippen LogP contribution in [0.5, 0.6) is 0 Å². The molecule has 1 aromatic heterocycles. The fourth-order valence-electron chi connectivity index (χ4n) is 4.99.